The zero-order valence-corrected chi connectivity index (χ0v) is 9.74. The summed E-state index contributed by atoms with van der Waals surface area (Å²) in [7, 11) is 0. The summed E-state index contributed by atoms with van der Waals surface area (Å²) in [5.74, 6) is 0.703. The van der Waals surface area contributed by atoms with Gasteiger partial charge in [-0.3, -0.25) is 0 Å². The predicted molar refractivity (Wildman–Crippen MR) is 65.7 cm³/mol. The summed E-state index contributed by atoms with van der Waals surface area (Å²) < 4.78 is 0. The molecule has 0 aromatic heterocycles. The number of aliphatic hydroxyl groups is 1. The van der Waals surface area contributed by atoms with Crippen LogP contribution in [0.25, 0.3) is 0 Å². The van der Waals surface area contributed by atoms with E-state index < -0.39 is 0 Å². The van der Waals surface area contributed by atoms with Crippen molar-refractivity contribution in [3.63, 3.8) is 0 Å². The Morgan fingerprint density at radius 2 is 2.19 bits per heavy atom. The van der Waals surface area contributed by atoms with Gasteiger partial charge in [0.15, 0.2) is 0 Å². The second-order valence-electron chi connectivity index (χ2n) is 5.12. The second-order valence-corrected chi connectivity index (χ2v) is 5.12. The first kappa shape index (κ1) is 10.2. The molecule has 16 heavy (non-hydrogen) atoms. The van der Waals surface area contributed by atoms with Crippen molar-refractivity contribution in [2.24, 2.45) is 5.92 Å². The smallest absolute Gasteiger partial charge is 0.0784 e. The molecular weight excluding hydrogens is 198 g/mol. The lowest BCUT2D eigenvalue weighted by atomic mass is 9.91. The molecule has 3 rings (SSSR count). The molecule has 2 aliphatic rings. The fourth-order valence-electron chi connectivity index (χ4n) is 2.69. The minimum atomic E-state index is -0.202. The number of rotatable bonds is 2. The molecule has 1 heterocycles. The zero-order valence-electron chi connectivity index (χ0n) is 9.74. The number of nitrogens with one attached hydrogen (secondary N) is 1. The second kappa shape index (κ2) is 3.77. The van der Waals surface area contributed by atoms with E-state index in [0.717, 1.165) is 12.8 Å². The van der Waals surface area contributed by atoms with Crippen molar-refractivity contribution >= 4 is 5.69 Å². The van der Waals surface area contributed by atoms with Crippen LogP contribution in [0.2, 0.25) is 0 Å². The van der Waals surface area contributed by atoms with E-state index in [1.807, 2.05) is 0 Å². The van der Waals surface area contributed by atoms with E-state index in [0.29, 0.717) is 12.0 Å². The lowest BCUT2D eigenvalue weighted by Crippen LogP contribution is -2.40. The molecule has 1 saturated carbocycles. The summed E-state index contributed by atoms with van der Waals surface area (Å²) in [6, 6.07) is 6.89. The molecule has 86 valence electrons. The number of aryl methyl sites for hydroxylation is 1. The zero-order chi connectivity index (χ0) is 11.1. The van der Waals surface area contributed by atoms with Gasteiger partial charge in [-0.05, 0) is 42.4 Å². The molecule has 2 atom stereocenters. The first-order valence-electron chi connectivity index (χ1n) is 6.34. The normalized spacial score (nSPS) is 28.4. The largest absolute Gasteiger partial charge is 0.391 e. The van der Waals surface area contributed by atoms with Gasteiger partial charge in [-0.1, -0.05) is 19.1 Å². The molecule has 0 radical (unpaired) electrons. The van der Waals surface area contributed by atoms with Crippen LogP contribution in [0.4, 0.5) is 5.69 Å². The van der Waals surface area contributed by atoms with E-state index >= 15 is 0 Å². The molecule has 2 unspecified atom stereocenters. The summed E-state index contributed by atoms with van der Waals surface area (Å²) in [6.07, 6.45) is 4.23. The van der Waals surface area contributed by atoms with Crippen LogP contribution in [0, 0.1) is 5.92 Å². The third-order valence-corrected chi connectivity index (χ3v) is 3.87. The summed E-state index contributed by atoms with van der Waals surface area (Å²) in [5.41, 5.74) is 3.88. The fraction of sp³-hybridized carbons (Fsp3) is 0.571. The van der Waals surface area contributed by atoms with Crippen LogP contribution < -0.4 is 5.32 Å². The molecule has 0 amide bonds. The summed E-state index contributed by atoms with van der Waals surface area (Å²) in [4.78, 5) is 0. The average Bonchev–Trinajstić information content (AvgIpc) is 3.11. The number of hydrogen-bond acceptors (Lipinski definition) is 2. The van der Waals surface area contributed by atoms with Crippen molar-refractivity contribution in [1.29, 1.82) is 0 Å². The van der Waals surface area contributed by atoms with Gasteiger partial charge in [-0.25, -0.2) is 0 Å². The Kier molecular flexibility index (Phi) is 2.40. The molecular formula is C14H19NO. The maximum absolute atomic E-state index is 10.1. The van der Waals surface area contributed by atoms with Crippen LogP contribution >= 0.6 is 0 Å². The number of anilines is 1. The van der Waals surface area contributed by atoms with Crippen LogP contribution in [0.15, 0.2) is 18.2 Å². The molecule has 0 spiro atoms. The lowest BCUT2D eigenvalue weighted by molar-refractivity contribution is 0.139. The van der Waals surface area contributed by atoms with Crippen molar-refractivity contribution in [3.8, 4) is 0 Å². The van der Waals surface area contributed by atoms with Gasteiger partial charge >= 0.3 is 0 Å². The maximum atomic E-state index is 10.1. The van der Waals surface area contributed by atoms with Crippen LogP contribution in [-0.2, 0) is 12.8 Å². The Balaban J connectivity index is 1.88. The SMILES string of the molecule is CCc1ccc2c(c1)CC(O)C(C1CC1)N2. The maximum Gasteiger partial charge on any atom is 0.0784 e. The van der Waals surface area contributed by atoms with Crippen molar-refractivity contribution in [2.45, 2.75) is 44.8 Å². The van der Waals surface area contributed by atoms with Crippen molar-refractivity contribution in [2.75, 3.05) is 5.32 Å². The minimum Gasteiger partial charge on any atom is -0.391 e. The first-order valence-corrected chi connectivity index (χ1v) is 6.34. The average molecular weight is 217 g/mol. The van der Waals surface area contributed by atoms with Crippen molar-refractivity contribution in [1.82, 2.24) is 0 Å². The van der Waals surface area contributed by atoms with Crippen LogP contribution in [0.1, 0.15) is 30.9 Å². The molecule has 2 nitrogen and oxygen atoms in total. The number of fused-ring (bicyclic) bond motifs is 1. The number of hydrogen-bond donors (Lipinski definition) is 2. The Morgan fingerprint density at radius 3 is 2.88 bits per heavy atom. The van der Waals surface area contributed by atoms with Gasteiger partial charge in [0, 0.05) is 12.1 Å². The predicted octanol–water partition coefficient (Wildman–Crippen LogP) is 2.36. The van der Waals surface area contributed by atoms with Gasteiger partial charge in [-0.2, -0.15) is 0 Å². The van der Waals surface area contributed by atoms with E-state index in [1.165, 1.54) is 29.7 Å². The Morgan fingerprint density at radius 1 is 1.38 bits per heavy atom. The molecule has 1 aromatic carbocycles. The molecule has 1 aliphatic carbocycles. The quantitative estimate of drug-likeness (QED) is 0.797. The highest BCUT2D eigenvalue weighted by Gasteiger charge is 2.38. The summed E-state index contributed by atoms with van der Waals surface area (Å²) in [6.45, 7) is 2.17. The van der Waals surface area contributed by atoms with Gasteiger partial charge in [0.25, 0.3) is 0 Å². The Bertz CT molecular complexity index is 398. The van der Waals surface area contributed by atoms with Crippen molar-refractivity contribution in [3.05, 3.63) is 29.3 Å². The molecule has 1 aromatic rings. The van der Waals surface area contributed by atoms with Gasteiger partial charge in [0.05, 0.1) is 12.1 Å². The summed E-state index contributed by atoms with van der Waals surface area (Å²) in [5, 5.41) is 13.6. The molecule has 2 heteroatoms. The monoisotopic (exact) mass is 217 g/mol. The number of aliphatic hydroxyl groups excluding tert-OH is 1. The highest BCUT2D eigenvalue weighted by Crippen LogP contribution is 2.39. The van der Waals surface area contributed by atoms with Crippen molar-refractivity contribution < 1.29 is 5.11 Å². The third kappa shape index (κ3) is 1.71. The minimum absolute atomic E-state index is 0.202. The first-order chi connectivity index (χ1) is 7.78. The van der Waals surface area contributed by atoms with E-state index in [1.54, 1.807) is 0 Å². The highest BCUT2D eigenvalue weighted by atomic mass is 16.3. The highest BCUT2D eigenvalue weighted by molar-refractivity contribution is 5.56. The molecule has 1 fully saturated rings. The third-order valence-electron chi connectivity index (χ3n) is 3.87. The topological polar surface area (TPSA) is 32.3 Å². The lowest BCUT2D eigenvalue weighted by Gasteiger charge is -2.32. The van der Waals surface area contributed by atoms with Gasteiger partial charge in [0.2, 0.25) is 0 Å². The van der Waals surface area contributed by atoms with E-state index in [4.69, 9.17) is 0 Å². The van der Waals surface area contributed by atoms with E-state index in [-0.39, 0.29) is 6.10 Å². The van der Waals surface area contributed by atoms with Gasteiger partial charge in [0.1, 0.15) is 0 Å². The molecule has 0 bridgehead atoms. The van der Waals surface area contributed by atoms with Gasteiger partial charge < -0.3 is 10.4 Å². The van der Waals surface area contributed by atoms with Crippen LogP contribution in [0.5, 0.6) is 0 Å². The van der Waals surface area contributed by atoms with E-state index in [2.05, 4.69) is 30.4 Å². The van der Waals surface area contributed by atoms with Crippen LogP contribution in [-0.4, -0.2) is 17.3 Å². The number of benzene rings is 1. The van der Waals surface area contributed by atoms with E-state index in [9.17, 15) is 5.11 Å². The Hall–Kier alpha value is -1.02. The standard InChI is InChI=1S/C14H19NO/c1-2-9-3-6-12-11(7-9)8-13(16)14(15-12)10-4-5-10/h3,6-7,10,13-16H,2,4-5,8H2,1H3. The fourth-order valence-corrected chi connectivity index (χ4v) is 2.69. The summed E-state index contributed by atoms with van der Waals surface area (Å²) >= 11 is 0. The van der Waals surface area contributed by atoms with Crippen LogP contribution in [0.3, 0.4) is 0 Å². The molecule has 0 saturated heterocycles. The molecule has 1 aliphatic heterocycles. The van der Waals surface area contributed by atoms with Gasteiger partial charge in [-0.15, -0.1) is 0 Å². The molecule has 2 N–H and O–H groups in total. The Labute approximate surface area is 96.7 Å².